The normalized spacial score (nSPS) is 22.1. The molecule has 0 saturated heterocycles. The molecule has 0 aliphatic heterocycles. The van der Waals surface area contributed by atoms with Crippen LogP contribution < -0.4 is 11.1 Å². The van der Waals surface area contributed by atoms with Gasteiger partial charge in [0.05, 0.1) is 19.0 Å². The Bertz CT molecular complexity index is 502. The van der Waals surface area contributed by atoms with E-state index in [1.165, 1.54) is 26.4 Å². The summed E-state index contributed by atoms with van der Waals surface area (Å²) in [6.07, 6.45) is 6.39. The Morgan fingerprint density at radius 1 is 1.43 bits per heavy atom. The van der Waals surface area contributed by atoms with Crippen LogP contribution in [0.1, 0.15) is 49.9 Å². The number of methoxy groups -OCH3 is 1. The fraction of sp³-hybridized carbons (Fsp3) is 0.625. The molecule has 116 valence electrons. The molecule has 0 radical (unpaired) electrons. The van der Waals surface area contributed by atoms with Crippen molar-refractivity contribution in [2.75, 3.05) is 18.2 Å². The van der Waals surface area contributed by atoms with E-state index < -0.39 is 5.97 Å². The van der Waals surface area contributed by atoms with Crippen molar-refractivity contribution in [3.8, 4) is 0 Å². The minimum atomic E-state index is -0.408. The first kappa shape index (κ1) is 15.6. The van der Waals surface area contributed by atoms with Gasteiger partial charge in [-0.3, -0.25) is 0 Å². The zero-order valence-electron chi connectivity index (χ0n) is 13.1. The monoisotopic (exact) mass is 291 g/mol. The molecule has 2 atom stereocenters. The SMILES string of the molecule is COC(=O)c1cc(N)cnc1NC1CCCCC1C(C)C. The Morgan fingerprint density at radius 3 is 2.81 bits per heavy atom. The van der Waals surface area contributed by atoms with Crippen molar-refractivity contribution in [3.63, 3.8) is 0 Å². The first-order valence-electron chi connectivity index (χ1n) is 7.63. The highest BCUT2D eigenvalue weighted by Gasteiger charge is 2.28. The summed E-state index contributed by atoms with van der Waals surface area (Å²) in [5.74, 6) is 1.38. The lowest BCUT2D eigenvalue weighted by atomic mass is 9.78. The number of hydrogen-bond donors (Lipinski definition) is 2. The van der Waals surface area contributed by atoms with Crippen LogP contribution in [0, 0.1) is 11.8 Å². The third-order valence-corrected chi connectivity index (χ3v) is 4.31. The fourth-order valence-electron chi connectivity index (χ4n) is 3.17. The zero-order chi connectivity index (χ0) is 15.4. The second-order valence-corrected chi connectivity index (χ2v) is 6.10. The van der Waals surface area contributed by atoms with Crippen molar-refractivity contribution in [2.45, 2.75) is 45.6 Å². The van der Waals surface area contributed by atoms with Crippen molar-refractivity contribution in [2.24, 2.45) is 11.8 Å². The van der Waals surface area contributed by atoms with Crippen LogP contribution in [0.5, 0.6) is 0 Å². The van der Waals surface area contributed by atoms with Gasteiger partial charge in [0.25, 0.3) is 0 Å². The maximum absolute atomic E-state index is 11.9. The summed E-state index contributed by atoms with van der Waals surface area (Å²) < 4.78 is 4.82. The summed E-state index contributed by atoms with van der Waals surface area (Å²) in [4.78, 5) is 16.2. The molecule has 0 spiro atoms. The molecule has 1 aliphatic carbocycles. The smallest absolute Gasteiger partial charge is 0.341 e. The van der Waals surface area contributed by atoms with Gasteiger partial charge in [-0.05, 0) is 30.7 Å². The Hall–Kier alpha value is -1.78. The summed E-state index contributed by atoms with van der Waals surface area (Å²) in [6.45, 7) is 4.50. The Labute approximate surface area is 126 Å². The summed E-state index contributed by atoms with van der Waals surface area (Å²) in [7, 11) is 1.37. The molecule has 1 aromatic heterocycles. The Morgan fingerprint density at radius 2 is 2.14 bits per heavy atom. The number of nitrogens with zero attached hydrogens (tertiary/aromatic N) is 1. The number of nitrogen functional groups attached to an aromatic ring is 1. The predicted molar refractivity (Wildman–Crippen MR) is 84.2 cm³/mol. The summed E-state index contributed by atoms with van der Waals surface area (Å²) in [6, 6.07) is 1.97. The van der Waals surface area contributed by atoms with E-state index in [1.54, 1.807) is 12.3 Å². The number of carbonyl (C=O) groups is 1. The highest BCUT2D eigenvalue weighted by Crippen LogP contribution is 2.32. The van der Waals surface area contributed by atoms with Crippen LogP contribution in [0.3, 0.4) is 0 Å². The number of nitrogens with one attached hydrogen (secondary N) is 1. The number of rotatable bonds is 4. The number of nitrogens with two attached hydrogens (primary N) is 1. The minimum absolute atomic E-state index is 0.346. The molecule has 21 heavy (non-hydrogen) atoms. The Balaban J connectivity index is 2.23. The fourth-order valence-corrected chi connectivity index (χ4v) is 3.17. The molecule has 1 aromatic rings. The minimum Gasteiger partial charge on any atom is -0.465 e. The predicted octanol–water partition coefficient (Wildman–Crippen LogP) is 3.08. The van der Waals surface area contributed by atoms with Crippen LogP contribution in [0.2, 0.25) is 0 Å². The molecule has 3 N–H and O–H groups in total. The van der Waals surface area contributed by atoms with Crippen LogP contribution in [0.25, 0.3) is 0 Å². The highest BCUT2D eigenvalue weighted by molar-refractivity contribution is 5.95. The highest BCUT2D eigenvalue weighted by atomic mass is 16.5. The quantitative estimate of drug-likeness (QED) is 0.834. The van der Waals surface area contributed by atoms with E-state index in [2.05, 4.69) is 24.1 Å². The number of ether oxygens (including phenoxy) is 1. The lowest BCUT2D eigenvalue weighted by Crippen LogP contribution is -2.36. The van der Waals surface area contributed by atoms with Crippen molar-refractivity contribution in [1.29, 1.82) is 0 Å². The third kappa shape index (κ3) is 3.65. The molecule has 5 nitrogen and oxygen atoms in total. The molecule has 1 heterocycles. The van der Waals surface area contributed by atoms with E-state index in [0.29, 0.717) is 34.9 Å². The standard InChI is InChI=1S/C16H25N3O2/c1-10(2)12-6-4-5-7-14(12)19-15-13(16(20)21-3)8-11(17)9-18-15/h8-10,12,14H,4-7,17H2,1-3H3,(H,18,19). The molecule has 0 amide bonds. The molecule has 0 aromatic carbocycles. The molecule has 1 aliphatic rings. The molecule has 2 unspecified atom stereocenters. The topological polar surface area (TPSA) is 77.2 Å². The number of hydrogen-bond acceptors (Lipinski definition) is 5. The molecule has 5 heteroatoms. The van der Waals surface area contributed by atoms with E-state index in [-0.39, 0.29) is 0 Å². The van der Waals surface area contributed by atoms with Gasteiger partial charge >= 0.3 is 5.97 Å². The van der Waals surface area contributed by atoms with Crippen molar-refractivity contribution >= 4 is 17.5 Å². The molecule has 0 bridgehead atoms. The van der Waals surface area contributed by atoms with Gasteiger partial charge in [0.1, 0.15) is 11.4 Å². The van der Waals surface area contributed by atoms with Crippen LogP contribution in [0.4, 0.5) is 11.5 Å². The third-order valence-electron chi connectivity index (χ3n) is 4.31. The average Bonchev–Trinajstić information content (AvgIpc) is 2.48. The van der Waals surface area contributed by atoms with Gasteiger partial charge in [0, 0.05) is 6.04 Å². The van der Waals surface area contributed by atoms with Gasteiger partial charge in [0.2, 0.25) is 0 Å². The number of aromatic nitrogens is 1. The number of anilines is 2. The van der Waals surface area contributed by atoms with Crippen molar-refractivity contribution in [3.05, 3.63) is 17.8 Å². The average molecular weight is 291 g/mol. The zero-order valence-corrected chi connectivity index (χ0v) is 13.1. The van der Waals surface area contributed by atoms with Gasteiger partial charge in [0.15, 0.2) is 0 Å². The lowest BCUT2D eigenvalue weighted by Gasteiger charge is -2.35. The maximum atomic E-state index is 11.9. The number of esters is 1. The van der Waals surface area contributed by atoms with Crippen LogP contribution in [-0.4, -0.2) is 24.1 Å². The van der Waals surface area contributed by atoms with Crippen LogP contribution >= 0.6 is 0 Å². The van der Waals surface area contributed by atoms with E-state index in [0.717, 1.165) is 6.42 Å². The molecule has 1 saturated carbocycles. The van der Waals surface area contributed by atoms with Gasteiger partial charge in [-0.15, -0.1) is 0 Å². The second kappa shape index (κ2) is 6.78. The summed E-state index contributed by atoms with van der Waals surface area (Å²) >= 11 is 0. The second-order valence-electron chi connectivity index (χ2n) is 6.10. The lowest BCUT2D eigenvalue weighted by molar-refractivity contribution is 0.0601. The van der Waals surface area contributed by atoms with Crippen LogP contribution in [-0.2, 0) is 4.74 Å². The van der Waals surface area contributed by atoms with Gasteiger partial charge < -0.3 is 15.8 Å². The molecular weight excluding hydrogens is 266 g/mol. The van der Waals surface area contributed by atoms with E-state index >= 15 is 0 Å². The molecule has 2 rings (SSSR count). The Kier molecular flexibility index (Phi) is 5.04. The first-order valence-corrected chi connectivity index (χ1v) is 7.63. The molecular formula is C16H25N3O2. The number of pyridine rings is 1. The molecule has 1 fully saturated rings. The first-order chi connectivity index (χ1) is 10.0. The van der Waals surface area contributed by atoms with Crippen LogP contribution in [0.15, 0.2) is 12.3 Å². The maximum Gasteiger partial charge on any atom is 0.341 e. The van der Waals surface area contributed by atoms with Gasteiger partial charge in [-0.1, -0.05) is 26.7 Å². The van der Waals surface area contributed by atoms with E-state index in [4.69, 9.17) is 10.5 Å². The van der Waals surface area contributed by atoms with Gasteiger partial charge in [-0.25, -0.2) is 9.78 Å². The van der Waals surface area contributed by atoms with E-state index in [1.807, 2.05) is 0 Å². The largest absolute Gasteiger partial charge is 0.465 e. The van der Waals surface area contributed by atoms with Gasteiger partial charge in [-0.2, -0.15) is 0 Å². The van der Waals surface area contributed by atoms with E-state index in [9.17, 15) is 4.79 Å². The van der Waals surface area contributed by atoms with Crippen molar-refractivity contribution in [1.82, 2.24) is 4.98 Å². The summed E-state index contributed by atoms with van der Waals surface area (Å²) in [5.41, 5.74) is 6.60. The number of carbonyl (C=O) groups excluding carboxylic acids is 1. The summed E-state index contributed by atoms with van der Waals surface area (Å²) in [5, 5.41) is 3.46. The van der Waals surface area contributed by atoms with Crippen molar-refractivity contribution < 1.29 is 9.53 Å².